The average molecular weight is 323 g/mol. The summed E-state index contributed by atoms with van der Waals surface area (Å²) < 4.78 is 33.5. The third-order valence-electron chi connectivity index (χ3n) is 3.96. The van der Waals surface area contributed by atoms with E-state index in [4.69, 9.17) is 4.74 Å². The summed E-state index contributed by atoms with van der Waals surface area (Å²) >= 11 is 0. The summed E-state index contributed by atoms with van der Waals surface area (Å²) in [6, 6.07) is 6.90. The topological polar surface area (TPSA) is 58.7 Å². The van der Waals surface area contributed by atoms with Crippen LogP contribution < -0.4 is 4.72 Å². The molecule has 1 aromatic carbocycles. The fourth-order valence-corrected chi connectivity index (χ4v) is 3.90. The fraction of sp³-hybridized carbons (Fsp3) is 0.529. The molecule has 0 bridgehead atoms. The SMILES string of the molecule is CC(C)=CCC[C@](C)(NS(=O)(=O)c1ccc(C)cc1)[C@H]1CO1. The predicted molar refractivity (Wildman–Crippen MR) is 88.3 cm³/mol. The molecule has 1 saturated heterocycles. The van der Waals surface area contributed by atoms with Gasteiger partial charge in [-0.2, -0.15) is 0 Å². The first-order valence-corrected chi connectivity index (χ1v) is 9.07. The van der Waals surface area contributed by atoms with Crippen LogP contribution in [0, 0.1) is 6.92 Å². The van der Waals surface area contributed by atoms with Crippen LogP contribution in [0.4, 0.5) is 0 Å². The van der Waals surface area contributed by atoms with E-state index in [2.05, 4.69) is 10.8 Å². The zero-order valence-corrected chi connectivity index (χ0v) is 14.5. The quantitative estimate of drug-likeness (QED) is 0.619. The molecule has 1 aromatic rings. The van der Waals surface area contributed by atoms with Crippen LogP contribution in [0.5, 0.6) is 0 Å². The first-order valence-electron chi connectivity index (χ1n) is 7.58. The van der Waals surface area contributed by atoms with Crippen LogP contribution in [-0.4, -0.2) is 26.7 Å². The van der Waals surface area contributed by atoms with Crippen LogP contribution in [0.1, 0.15) is 39.2 Å². The van der Waals surface area contributed by atoms with Gasteiger partial charge in [0.25, 0.3) is 0 Å². The standard InChI is InChI=1S/C17H25NO3S/c1-13(2)6-5-11-17(4,16-12-21-16)18-22(19,20)15-9-7-14(3)8-10-15/h6-10,16,18H,5,11-12H2,1-4H3/t16-,17+/m1/s1. The van der Waals surface area contributed by atoms with Gasteiger partial charge >= 0.3 is 0 Å². The molecule has 5 heteroatoms. The monoisotopic (exact) mass is 323 g/mol. The summed E-state index contributed by atoms with van der Waals surface area (Å²) in [6.07, 6.45) is 3.63. The number of nitrogens with one attached hydrogen (secondary N) is 1. The van der Waals surface area contributed by atoms with Gasteiger partial charge in [-0.1, -0.05) is 29.3 Å². The molecule has 2 rings (SSSR count). The van der Waals surface area contributed by atoms with Crippen molar-refractivity contribution in [2.24, 2.45) is 0 Å². The molecule has 1 fully saturated rings. The molecule has 0 radical (unpaired) electrons. The van der Waals surface area contributed by atoms with Gasteiger partial charge in [-0.05, 0) is 52.7 Å². The number of sulfonamides is 1. The summed E-state index contributed by atoms with van der Waals surface area (Å²) in [4.78, 5) is 0.298. The smallest absolute Gasteiger partial charge is 0.241 e. The molecule has 22 heavy (non-hydrogen) atoms. The highest BCUT2D eigenvalue weighted by atomic mass is 32.2. The first-order chi connectivity index (χ1) is 10.2. The largest absolute Gasteiger partial charge is 0.371 e. The highest BCUT2D eigenvalue weighted by Gasteiger charge is 2.45. The average Bonchev–Trinajstić information content (AvgIpc) is 3.22. The lowest BCUT2D eigenvalue weighted by Crippen LogP contribution is -2.50. The maximum Gasteiger partial charge on any atom is 0.241 e. The maximum atomic E-state index is 12.6. The van der Waals surface area contributed by atoms with Crippen LogP contribution in [0.25, 0.3) is 0 Å². The van der Waals surface area contributed by atoms with Crippen molar-refractivity contribution >= 4 is 10.0 Å². The number of benzene rings is 1. The van der Waals surface area contributed by atoms with E-state index in [0.717, 1.165) is 12.0 Å². The van der Waals surface area contributed by atoms with Gasteiger partial charge in [0.15, 0.2) is 0 Å². The zero-order valence-electron chi connectivity index (χ0n) is 13.7. The summed E-state index contributed by atoms with van der Waals surface area (Å²) in [5.41, 5.74) is 1.70. The second kappa shape index (κ2) is 6.52. The van der Waals surface area contributed by atoms with E-state index in [1.165, 1.54) is 5.57 Å². The summed E-state index contributed by atoms with van der Waals surface area (Å²) in [7, 11) is -3.54. The van der Waals surface area contributed by atoms with Crippen molar-refractivity contribution in [2.75, 3.05) is 6.61 Å². The predicted octanol–water partition coefficient (Wildman–Crippen LogP) is 3.18. The van der Waals surface area contributed by atoms with Crippen LogP contribution in [0.15, 0.2) is 40.8 Å². The van der Waals surface area contributed by atoms with Crippen molar-refractivity contribution in [3.8, 4) is 0 Å². The molecule has 1 N–H and O–H groups in total. The lowest BCUT2D eigenvalue weighted by molar-refractivity contribution is 0.270. The molecular weight excluding hydrogens is 298 g/mol. The summed E-state index contributed by atoms with van der Waals surface area (Å²) in [5.74, 6) is 0. The van der Waals surface area contributed by atoms with Crippen molar-refractivity contribution in [3.05, 3.63) is 41.5 Å². The Morgan fingerprint density at radius 3 is 2.45 bits per heavy atom. The van der Waals surface area contributed by atoms with E-state index in [1.54, 1.807) is 12.1 Å². The first kappa shape index (κ1) is 17.2. The Labute approximate surface area is 133 Å². The molecular formula is C17H25NO3S. The Bertz CT molecular complexity index is 641. The third-order valence-corrected chi connectivity index (χ3v) is 5.59. The highest BCUT2D eigenvalue weighted by Crippen LogP contribution is 2.31. The van der Waals surface area contributed by atoms with Gasteiger partial charge in [-0.3, -0.25) is 0 Å². The molecule has 0 amide bonds. The van der Waals surface area contributed by atoms with Crippen molar-refractivity contribution in [1.82, 2.24) is 4.72 Å². The number of aryl methyl sites for hydroxylation is 1. The van der Waals surface area contributed by atoms with Crippen LogP contribution in [0.2, 0.25) is 0 Å². The van der Waals surface area contributed by atoms with Crippen molar-refractivity contribution in [2.45, 2.75) is 57.1 Å². The normalized spacial score (nSPS) is 20.3. The summed E-state index contributed by atoms with van der Waals surface area (Å²) in [6.45, 7) is 8.56. The maximum absolute atomic E-state index is 12.6. The molecule has 0 unspecified atom stereocenters. The van der Waals surface area contributed by atoms with Crippen molar-refractivity contribution in [3.63, 3.8) is 0 Å². The Morgan fingerprint density at radius 2 is 1.95 bits per heavy atom. The van der Waals surface area contributed by atoms with Gasteiger partial charge in [0.2, 0.25) is 10.0 Å². The molecule has 1 aliphatic heterocycles. The van der Waals surface area contributed by atoms with Crippen LogP contribution in [0.3, 0.4) is 0 Å². The van der Waals surface area contributed by atoms with Gasteiger partial charge in [-0.15, -0.1) is 0 Å². The van der Waals surface area contributed by atoms with E-state index in [9.17, 15) is 8.42 Å². The number of ether oxygens (including phenoxy) is 1. The molecule has 4 nitrogen and oxygen atoms in total. The lowest BCUT2D eigenvalue weighted by Gasteiger charge is -2.28. The van der Waals surface area contributed by atoms with Gasteiger partial charge in [-0.25, -0.2) is 13.1 Å². The number of allylic oxidation sites excluding steroid dienone is 2. The van der Waals surface area contributed by atoms with Gasteiger partial charge < -0.3 is 4.74 Å². The van der Waals surface area contributed by atoms with Crippen LogP contribution in [-0.2, 0) is 14.8 Å². The number of rotatable bonds is 7. The number of hydrogen-bond donors (Lipinski definition) is 1. The second-order valence-corrected chi connectivity index (χ2v) is 8.16. The van der Waals surface area contributed by atoms with E-state index < -0.39 is 15.6 Å². The van der Waals surface area contributed by atoms with Crippen molar-refractivity contribution < 1.29 is 13.2 Å². The van der Waals surface area contributed by atoms with Crippen molar-refractivity contribution in [1.29, 1.82) is 0 Å². The van der Waals surface area contributed by atoms with Gasteiger partial charge in [0, 0.05) is 0 Å². The molecule has 1 heterocycles. The molecule has 0 aliphatic carbocycles. The molecule has 0 saturated carbocycles. The third kappa shape index (κ3) is 4.41. The molecule has 1 aliphatic rings. The molecule has 122 valence electrons. The Morgan fingerprint density at radius 1 is 1.36 bits per heavy atom. The van der Waals surface area contributed by atoms with Crippen LogP contribution >= 0.6 is 0 Å². The lowest BCUT2D eigenvalue weighted by atomic mass is 9.93. The minimum absolute atomic E-state index is 0.0433. The second-order valence-electron chi connectivity index (χ2n) is 6.48. The molecule has 0 aromatic heterocycles. The minimum Gasteiger partial charge on any atom is -0.371 e. The van der Waals surface area contributed by atoms with Gasteiger partial charge in [0.05, 0.1) is 23.1 Å². The zero-order chi connectivity index (χ0) is 16.4. The Balaban J connectivity index is 2.16. The highest BCUT2D eigenvalue weighted by molar-refractivity contribution is 7.89. The molecule has 0 spiro atoms. The minimum atomic E-state index is -3.54. The molecule has 2 atom stereocenters. The number of hydrogen-bond acceptors (Lipinski definition) is 3. The Kier molecular flexibility index (Phi) is 5.10. The van der Waals surface area contributed by atoms with Gasteiger partial charge in [0.1, 0.15) is 0 Å². The van der Waals surface area contributed by atoms with E-state index in [-0.39, 0.29) is 6.10 Å². The summed E-state index contributed by atoms with van der Waals surface area (Å²) in [5, 5.41) is 0. The Hall–Kier alpha value is -1.17. The van der Waals surface area contributed by atoms with E-state index in [0.29, 0.717) is 17.9 Å². The number of epoxide rings is 1. The fourth-order valence-electron chi connectivity index (χ4n) is 2.44. The van der Waals surface area contributed by atoms with E-state index >= 15 is 0 Å². The van der Waals surface area contributed by atoms with E-state index in [1.807, 2.05) is 39.8 Å².